The van der Waals surface area contributed by atoms with Gasteiger partial charge in [-0.05, 0) is 43.1 Å². The lowest BCUT2D eigenvalue weighted by molar-refractivity contribution is -0.117. The van der Waals surface area contributed by atoms with E-state index < -0.39 is 0 Å². The Kier molecular flexibility index (Phi) is 5.14. The van der Waals surface area contributed by atoms with Gasteiger partial charge in [0.25, 0.3) is 0 Å². The summed E-state index contributed by atoms with van der Waals surface area (Å²) in [7, 11) is 0. The number of rotatable bonds is 4. The molecule has 1 amide bonds. The van der Waals surface area contributed by atoms with Gasteiger partial charge in [-0.15, -0.1) is 0 Å². The lowest BCUT2D eigenvalue weighted by Gasteiger charge is -2.24. The number of nitrogens with one attached hydrogen (secondary N) is 1. The Balaban J connectivity index is 1.69. The van der Waals surface area contributed by atoms with Gasteiger partial charge in [-0.25, -0.2) is 0 Å². The zero-order chi connectivity index (χ0) is 16.9. The van der Waals surface area contributed by atoms with Crippen molar-refractivity contribution >= 4 is 23.2 Å². The summed E-state index contributed by atoms with van der Waals surface area (Å²) in [4.78, 5) is 14.6. The molecule has 0 saturated carbocycles. The zero-order valence-corrected chi connectivity index (χ0v) is 14.0. The normalized spacial score (nSPS) is 17.4. The highest BCUT2D eigenvalue weighted by Gasteiger charge is 2.27. The van der Waals surface area contributed by atoms with Gasteiger partial charge in [0.15, 0.2) is 0 Å². The largest absolute Gasteiger partial charge is 0.324 e. The maximum Gasteiger partial charge on any atom is 0.238 e. The first-order chi connectivity index (χ1) is 11.7. The summed E-state index contributed by atoms with van der Waals surface area (Å²) in [6.07, 6.45) is 2.13. The predicted octanol–water partition coefficient (Wildman–Crippen LogP) is 3.99. The van der Waals surface area contributed by atoms with E-state index in [-0.39, 0.29) is 11.9 Å². The molecule has 2 aromatic carbocycles. The highest BCUT2D eigenvalue weighted by atomic mass is 35.5. The smallest absolute Gasteiger partial charge is 0.238 e. The number of amides is 1. The number of carbonyl (C=O) groups excluding carboxylic acids is 1. The average molecular weight is 340 g/mol. The van der Waals surface area contributed by atoms with E-state index in [2.05, 4.69) is 28.4 Å². The molecule has 1 aliphatic heterocycles. The zero-order valence-electron chi connectivity index (χ0n) is 13.2. The number of hydrogen-bond donors (Lipinski definition) is 1. The molecular weight excluding hydrogens is 322 g/mol. The van der Waals surface area contributed by atoms with Crippen LogP contribution in [0.25, 0.3) is 0 Å². The third-order valence-electron chi connectivity index (χ3n) is 4.27. The van der Waals surface area contributed by atoms with Crippen LogP contribution < -0.4 is 5.32 Å². The van der Waals surface area contributed by atoms with E-state index in [0.717, 1.165) is 19.4 Å². The van der Waals surface area contributed by atoms with Crippen LogP contribution in [0.1, 0.15) is 30.0 Å². The molecule has 0 spiro atoms. The summed E-state index contributed by atoms with van der Waals surface area (Å²) in [5.74, 6) is -0.128. The summed E-state index contributed by atoms with van der Waals surface area (Å²) in [5.41, 5.74) is 2.11. The van der Waals surface area contributed by atoms with Crippen LogP contribution in [-0.2, 0) is 4.79 Å². The number of benzene rings is 2. The minimum atomic E-state index is -0.128. The molecule has 3 rings (SSSR count). The average Bonchev–Trinajstić information content (AvgIpc) is 3.04. The lowest BCUT2D eigenvalue weighted by Crippen LogP contribution is -2.33. The van der Waals surface area contributed by atoms with E-state index in [0.29, 0.717) is 22.8 Å². The molecular formula is C19H18ClN3O. The summed E-state index contributed by atoms with van der Waals surface area (Å²) in [6.45, 7) is 1.20. The summed E-state index contributed by atoms with van der Waals surface area (Å²) < 4.78 is 0. The van der Waals surface area contributed by atoms with Crippen molar-refractivity contribution in [2.75, 3.05) is 18.4 Å². The Hall–Kier alpha value is -2.35. The predicted molar refractivity (Wildman–Crippen MR) is 94.8 cm³/mol. The maximum atomic E-state index is 12.4. The monoisotopic (exact) mass is 339 g/mol. The third kappa shape index (κ3) is 3.76. The van der Waals surface area contributed by atoms with Crippen LogP contribution in [0, 0.1) is 11.3 Å². The molecule has 1 aliphatic rings. The van der Waals surface area contributed by atoms with E-state index in [1.165, 1.54) is 5.56 Å². The van der Waals surface area contributed by atoms with Gasteiger partial charge in [-0.2, -0.15) is 5.26 Å². The fourth-order valence-corrected chi connectivity index (χ4v) is 3.33. The van der Waals surface area contributed by atoms with E-state index in [4.69, 9.17) is 16.9 Å². The van der Waals surface area contributed by atoms with E-state index >= 15 is 0 Å². The van der Waals surface area contributed by atoms with Crippen LogP contribution >= 0.6 is 11.6 Å². The van der Waals surface area contributed by atoms with Crippen molar-refractivity contribution in [1.29, 1.82) is 5.26 Å². The Bertz CT molecular complexity index is 770. The second kappa shape index (κ2) is 7.48. The molecule has 0 unspecified atom stereocenters. The molecule has 0 aromatic heterocycles. The van der Waals surface area contributed by atoms with Crippen LogP contribution in [0.2, 0.25) is 5.02 Å². The second-order valence-corrected chi connectivity index (χ2v) is 6.33. The van der Waals surface area contributed by atoms with Crippen molar-refractivity contribution in [3.63, 3.8) is 0 Å². The van der Waals surface area contributed by atoms with Crippen LogP contribution in [0.4, 0.5) is 5.69 Å². The Morgan fingerprint density at radius 3 is 2.83 bits per heavy atom. The fraction of sp³-hybridized carbons (Fsp3) is 0.263. The number of anilines is 1. The standard InChI is InChI=1S/C19H18ClN3O/c20-16-9-8-15(12-21)17(11-16)22-19(24)13-23-10-4-7-18(23)14-5-2-1-3-6-14/h1-3,5-6,8-9,11,18H,4,7,10,13H2,(H,22,24)/t18-/m1/s1. The van der Waals surface area contributed by atoms with Crippen LogP contribution in [0.5, 0.6) is 0 Å². The molecule has 5 heteroatoms. The molecule has 1 heterocycles. The van der Waals surface area contributed by atoms with Gasteiger partial charge in [-0.1, -0.05) is 41.9 Å². The minimum Gasteiger partial charge on any atom is -0.324 e. The lowest BCUT2D eigenvalue weighted by atomic mass is 10.0. The highest BCUT2D eigenvalue weighted by Crippen LogP contribution is 2.31. The molecule has 1 atom stereocenters. The third-order valence-corrected chi connectivity index (χ3v) is 4.51. The Labute approximate surface area is 146 Å². The van der Waals surface area contributed by atoms with Gasteiger partial charge in [0.05, 0.1) is 17.8 Å². The van der Waals surface area contributed by atoms with Gasteiger partial charge >= 0.3 is 0 Å². The van der Waals surface area contributed by atoms with Crippen molar-refractivity contribution in [3.05, 3.63) is 64.7 Å². The topological polar surface area (TPSA) is 56.1 Å². The SMILES string of the molecule is N#Cc1ccc(Cl)cc1NC(=O)CN1CCC[C@@H]1c1ccccc1. The molecule has 1 saturated heterocycles. The minimum absolute atomic E-state index is 0.128. The summed E-state index contributed by atoms with van der Waals surface area (Å²) in [6, 6.07) is 17.5. The van der Waals surface area contributed by atoms with Gasteiger partial charge in [0.2, 0.25) is 5.91 Å². The molecule has 122 valence electrons. The van der Waals surface area contributed by atoms with E-state index in [9.17, 15) is 4.79 Å². The first-order valence-corrected chi connectivity index (χ1v) is 8.33. The van der Waals surface area contributed by atoms with Gasteiger partial charge < -0.3 is 5.32 Å². The molecule has 0 aliphatic carbocycles. The highest BCUT2D eigenvalue weighted by molar-refractivity contribution is 6.31. The molecule has 4 nitrogen and oxygen atoms in total. The number of halogens is 1. The number of carbonyl (C=O) groups is 1. The molecule has 0 radical (unpaired) electrons. The molecule has 24 heavy (non-hydrogen) atoms. The molecule has 0 bridgehead atoms. The molecule has 1 N–H and O–H groups in total. The Morgan fingerprint density at radius 1 is 1.29 bits per heavy atom. The van der Waals surface area contributed by atoms with Gasteiger partial charge in [0, 0.05) is 11.1 Å². The maximum absolute atomic E-state index is 12.4. The number of likely N-dealkylation sites (tertiary alicyclic amines) is 1. The number of hydrogen-bond acceptors (Lipinski definition) is 3. The fourth-order valence-electron chi connectivity index (χ4n) is 3.16. The molecule has 2 aromatic rings. The van der Waals surface area contributed by atoms with Crippen molar-refractivity contribution < 1.29 is 4.79 Å². The Morgan fingerprint density at radius 2 is 2.08 bits per heavy atom. The van der Waals surface area contributed by atoms with Crippen molar-refractivity contribution in [1.82, 2.24) is 4.90 Å². The second-order valence-electron chi connectivity index (χ2n) is 5.89. The van der Waals surface area contributed by atoms with Crippen molar-refractivity contribution in [2.24, 2.45) is 0 Å². The number of nitriles is 1. The van der Waals surface area contributed by atoms with E-state index in [1.807, 2.05) is 18.2 Å². The van der Waals surface area contributed by atoms with Crippen LogP contribution in [-0.4, -0.2) is 23.9 Å². The van der Waals surface area contributed by atoms with Gasteiger partial charge in [-0.3, -0.25) is 9.69 Å². The summed E-state index contributed by atoms with van der Waals surface area (Å²) in [5, 5.41) is 12.4. The van der Waals surface area contributed by atoms with Gasteiger partial charge in [0.1, 0.15) is 6.07 Å². The van der Waals surface area contributed by atoms with E-state index in [1.54, 1.807) is 18.2 Å². The molecule has 1 fully saturated rings. The number of nitrogens with zero attached hydrogens (tertiary/aromatic N) is 2. The quantitative estimate of drug-likeness (QED) is 0.916. The van der Waals surface area contributed by atoms with Crippen molar-refractivity contribution in [3.8, 4) is 6.07 Å². The first-order valence-electron chi connectivity index (χ1n) is 7.96. The summed E-state index contributed by atoms with van der Waals surface area (Å²) >= 11 is 5.96. The van der Waals surface area contributed by atoms with Crippen LogP contribution in [0.15, 0.2) is 48.5 Å². The van der Waals surface area contributed by atoms with Crippen LogP contribution in [0.3, 0.4) is 0 Å². The first kappa shape index (κ1) is 16.5. The van der Waals surface area contributed by atoms with Crippen molar-refractivity contribution in [2.45, 2.75) is 18.9 Å².